The molecule has 1 aromatic carbocycles. The van der Waals surface area contributed by atoms with E-state index in [4.69, 9.17) is 10.2 Å². The zero-order valence-electron chi connectivity index (χ0n) is 8.24. The normalized spacial score (nSPS) is 8.87. The van der Waals surface area contributed by atoms with Gasteiger partial charge < -0.3 is 15.5 Å². The fourth-order valence-corrected chi connectivity index (χ4v) is 0.916. The highest BCUT2D eigenvalue weighted by Gasteiger charge is 1.97. The number of amides is 1. The van der Waals surface area contributed by atoms with Gasteiger partial charge in [-0.1, -0.05) is 11.8 Å². The number of benzene rings is 1. The van der Waals surface area contributed by atoms with Crippen LogP contribution in [0.2, 0.25) is 0 Å². The largest absolute Gasteiger partial charge is 0.504 e. The summed E-state index contributed by atoms with van der Waals surface area (Å²) in [6, 6.07) is 4.30. The first-order valence-electron chi connectivity index (χ1n) is 4.35. The second kappa shape index (κ2) is 4.91. The molecular weight excluding hydrogens is 194 g/mol. The summed E-state index contributed by atoms with van der Waals surface area (Å²) in [5, 5.41) is 20.7. The third-order valence-corrected chi connectivity index (χ3v) is 1.63. The van der Waals surface area contributed by atoms with Crippen LogP contribution in [0.4, 0.5) is 0 Å². The highest BCUT2D eigenvalue weighted by atomic mass is 16.3. The summed E-state index contributed by atoms with van der Waals surface area (Å²) in [6.45, 7) is 1.67. The van der Waals surface area contributed by atoms with Gasteiger partial charge in [-0.2, -0.15) is 0 Å². The minimum Gasteiger partial charge on any atom is -0.504 e. The summed E-state index contributed by atoms with van der Waals surface area (Å²) < 4.78 is 0. The van der Waals surface area contributed by atoms with Gasteiger partial charge in [0.2, 0.25) is 5.91 Å². The number of phenols is 2. The standard InChI is InChI=1S/C11H11NO3/c1-8(13)12-6-2-3-9-4-5-10(14)11(15)7-9/h4-5,7,14-15H,6H2,1H3,(H,12,13). The van der Waals surface area contributed by atoms with E-state index in [2.05, 4.69) is 17.2 Å². The molecule has 0 bridgehead atoms. The molecule has 0 atom stereocenters. The van der Waals surface area contributed by atoms with E-state index in [1.807, 2.05) is 0 Å². The molecule has 0 fully saturated rings. The SMILES string of the molecule is CC(=O)NCC#Cc1ccc(O)c(O)c1. The number of phenolic OH excluding ortho intramolecular Hbond substituents is 2. The van der Waals surface area contributed by atoms with Gasteiger partial charge in [0.1, 0.15) is 0 Å². The molecule has 0 saturated carbocycles. The zero-order valence-corrected chi connectivity index (χ0v) is 8.24. The number of aromatic hydroxyl groups is 2. The van der Waals surface area contributed by atoms with Crippen LogP contribution in [0.5, 0.6) is 11.5 Å². The number of hydrogen-bond acceptors (Lipinski definition) is 3. The predicted molar refractivity (Wildman–Crippen MR) is 55.3 cm³/mol. The van der Waals surface area contributed by atoms with Gasteiger partial charge in [0.15, 0.2) is 11.5 Å². The van der Waals surface area contributed by atoms with Crippen molar-refractivity contribution in [3.8, 4) is 23.3 Å². The lowest BCUT2D eigenvalue weighted by atomic mass is 10.2. The molecular formula is C11H11NO3. The van der Waals surface area contributed by atoms with Crippen molar-refractivity contribution in [2.75, 3.05) is 6.54 Å². The van der Waals surface area contributed by atoms with Gasteiger partial charge in [0, 0.05) is 12.5 Å². The van der Waals surface area contributed by atoms with Crippen LogP contribution < -0.4 is 5.32 Å². The van der Waals surface area contributed by atoms with Gasteiger partial charge >= 0.3 is 0 Å². The molecule has 0 aliphatic rings. The minimum atomic E-state index is -0.207. The van der Waals surface area contributed by atoms with Gasteiger partial charge in [-0.15, -0.1) is 0 Å². The topological polar surface area (TPSA) is 69.6 Å². The van der Waals surface area contributed by atoms with Gasteiger partial charge in [0.25, 0.3) is 0 Å². The maximum Gasteiger partial charge on any atom is 0.217 e. The average Bonchev–Trinajstić information content (AvgIpc) is 2.18. The fourth-order valence-electron chi connectivity index (χ4n) is 0.916. The lowest BCUT2D eigenvalue weighted by Gasteiger charge is -1.96. The Morgan fingerprint density at radius 2 is 2.13 bits per heavy atom. The Morgan fingerprint density at radius 3 is 2.73 bits per heavy atom. The predicted octanol–water partition coefficient (Wildman–Crippen LogP) is 0.585. The summed E-state index contributed by atoms with van der Waals surface area (Å²) in [7, 11) is 0. The van der Waals surface area contributed by atoms with Crippen LogP contribution in [0.15, 0.2) is 18.2 Å². The zero-order chi connectivity index (χ0) is 11.3. The third-order valence-electron chi connectivity index (χ3n) is 1.63. The van der Waals surface area contributed by atoms with Gasteiger partial charge in [-0.25, -0.2) is 0 Å². The summed E-state index contributed by atoms with van der Waals surface area (Å²) >= 11 is 0. The first-order valence-corrected chi connectivity index (χ1v) is 4.35. The summed E-state index contributed by atoms with van der Waals surface area (Å²) in [4.78, 5) is 10.5. The Kier molecular flexibility index (Phi) is 3.58. The molecule has 4 nitrogen and oxygen atoms in total. The van der Waals surface area contributed by atoms with Crippen LogP contribution in [-0.2, 0) is 4.79 Å². The smallest absolute Gasteiger partial charge is 0.217 e. The van der Waals surface area contributed by atoms with Crippen molar-refractivity contribution in [1.29, 1.82) is 0 Å². The maximum atomic E-state index is 10.5. The van der Waals surface area contributed by atoms with Crippen molar-refractivity contribution < 1.29 is 15.0 Å². The van der Waals surface area contributed by atoms with Crippen molar-refractivity contribution in [1.82, 2.24) is 5.32 Å². The van der Waals surface area contributed by atoms with E-state index in [0.29, 0.717) is 5.56 Å². The Morgan fingerprint density at radius 1 is 1.40 bits per heavy atom. The number of rotatable bonds is 1. The molecule has 0 unspecified atom stereocenters. The minimum absolute atomic E-state index is 0.141. The summed E-state index contributed by atoms with van der Waals surface area (Å²) in [5.74, 6) is 4.91. The van der Waals surface area contributed by atoms with Crippen molar-refractivity contribution in [2.45, 2.75) is 6.92 Å². The first-order chi connectivity index (χ1) is 7.09. The quantitative estimate of drug-likeness (QED) is 0.464. The Hall–Kier alpha value is -2.15. The van der Waals surface area contributed by atoms with Crippen molar-refractivity contribution in [3.63, 3.8) is 0 Å². The lowest BCUT2D eigenvalue weighted by Crippen LogP contribution is -2.19. The van der Waals surface area contributed by atoms with Crippen molar-refractivity contribution >= 4 is 5.91 Å². The highest BCUT2D eigenvalue weighted by molar-refractivity contribution is 5.73. The van der Waals surface area contributed by atoms with Crippen molar-refractivity contribution in [2.24, 2.45) is 0 Å². The summed E-state index contributed by atoms with van der Waals surface area (Å²) in [6.07, 6.45) is 0. The van der Waals surface area contributed by atoms with Gasteiger partial charge in [0.05, 0.1) is 6.54 Å². The molecule has 0 aliphatic heterocycles. The van der Waals surface area contributed by atoms with Gasteiger partial charge in [-0.05, 0) is 18.2 Å². The Bertz CT molecular complexity index is 429. The molecule has 0 saturated heterocycles. The molecule has 0 aromatic heterocycles. The molecule has 3 N–H and O–H groups in total. The fraction of sp³-hybridized carbons (Fsp3) is 0.182. The molecule has 78 valence electrons. The lowest BCUT2D eigenvalue weighted by molar-refractivity contribution is -0.118. The Labute approximate surface area is 87.6 Å². The number of carbonyl (C=O) groups excluding carboxylic acids is 1. The molecule has 0 radical (unpaired) electrons. The first kappa shape index (κ1) is 10.9. The second-order valence-corrected chi connectivity index (χ2v) is 2.92. The maximum absolute atomic E-state index is 10.5. The van der Waals surface area contributed by atoms with Crippen molar-refractivity contribution in [3.05, 3.63) is 23.8 Å². The molecule has 0 aliphatic carbocycles. The molecule has 0 spiro atoms. The molecule has 1 amide bonds. The van der Waals surface area contributed by atoms with E-state index < -0.39 is 0 Å². The average molecular weight is 205 g/mol. The molecule has 1 rings (SSSR count). The van der Waals surface area contributed by atoms with Crippen LogP contribution in [0.25, 0.3) is 0 Å². The van der Waals surface area contributed by atoms with E-state index in [9.17, 15) is 4.79 Å². The van der Waals surface area contributed by atoms with Crippen LogP contribution in [0, 0.1) is 11.8 Å². The molecule has 4 heteroatoms. The molecule has 0 heterocycles. The van der Waals surface area contributed by atoms with Crippen LogP contribution in [0.1, 0.15) is 12.5 Å². The number of nitrogens with one attached hydrogen (secondary N) is 1. The molecule has 1 aromatic rings. The Balaban J connectivity index is 2.64. The monoisotopic (exact) mass is 205 g/mol. The van der Waals surface area contributed by atoms with E-state index in [-0.39, 0.29) is 24.0 Å². The number of hydrogen-bond donors (Lipinski definition) is 3. The third kappa shape index (κ3) is 3.61. The van der Waals surface area contributed by atoms with E-state index >= 15 is 0 Å². The van der Waals surface area contributed by atoms with E-state index in [0.717, 1.165) is 0 Å². The summed E-state index contributed by atoms with van der Waals surface area (Å²) in [5.41, 5.74) is 0.579. The highest BCUT2D eigenvalue weighted by Crippen LogP contribution is 2.24. The van der Waals surface area contributed by atoms with Crippen LogP contribution in [0.3, 0.4) is 0 Å². The second-order valence-electron chi connectivity index (χ2n) is 2.92. The number of carbonyl (C=O) groups is 1. The van der Waals surface area contributed by atoms with Gasteiger partial charge in [-0.3, -0.25) is 4.79 Å². The molecule has 15 heavy (non-hydrogen) atoms. The van der Waals surface area contributed by atoms with E-state index in [1.165, 1.54) is 19.1 Å². The van der Waals surface area contributed by atoms with E-state index in [1.54, 1.807) is 6.07 Å². The van der Waals surface area contributed by atoms with Crippen LogP contribution >= 0.6 is 0 Å². The van der Waals surface area contributed by atoms with Crippen LogP contribution in [-0.4, -0.2) is 22.7 Å².